The second kappa shape index (κ2) is 10.6. The summed E-state index contributed by atoms with van der Waals surface area (Å²) < 4.78 is 44.1. The number of hydrogen-bond donors (Lipinski definition) is 5. The predicted octanol–water partition coefficient (Wildman–Crippen LogP) is 3.01. The number of Topliss-reactive ketones (excluding diaryl/α,β-unsaturated/α-hetero) is 2. The minimum absolute atomic E-state index is 0.0636. The van der Waals surface area contributed by atoms with E-state index in [-0.39, 0.29) is 23.9 Å². The number of carbonyl (C=O) groups is 3. The minimum atomic E-state index is -4.90. The molecule has 0 aromatic heterocycles. The van der Waals surface area contributed by atoms with E-state index in [2.05, 4.69) is 0 Å². The van der Waals surface area contributed by atoms with E-state index in [4.69, 9.17) is 5.73 Å². The number of halogens is 3. The zero-order chi connectivity index (χ0) is 32.6. The Morgan fingerprint density at radius 3 is 2.23 bits per heavy atom. The molecular weight excluding hydrogens is 571 g/mol. The number of carbonyl (C=O) groups excluding carboxylic acids is 3. The first-order chi connectivity index (χ1) is 19.6. The third-order valence-electron chi connectivity index (χ3n) is 8.77. The lowest BCUT2D eigenvalue weighted by molar-refractivity contribution is -0.148. The van der Waals surface area contributed by atoms with Gasteiger partial charge in [0.1, 0.15) is 22.8 Å². The maximum absolute atomic E-state index is 14.7. The van der Waals surface area contributed by atoms with Gasteiger partial charge in [-0.2, -0.15) is 13.2 Å². The van der Waals surface area contributed by atoms with Crippen molar-refractivity contribution in [1.82, 2.24) is 9.80 Å². The van der Waals surface area contributed by atoms with Gasteiger partial charge in [0, 0.05) is 18.0 Å². The van der Waals surface area contributed by atoms with E-state index in [0.717, 1.165) is 6.07 Å². The van der Waals surface area contributed by atoms with E-state index in [0.29, 0.717) is 13.0 Å². The zero-order valence-electron chi connectivity index (χ0n) is 25.0. The summed E-state index contributed by atoms with van der Waals surface area (Å²) in [6.07, 6.45) is -4.96. The van der Waals surface area contributed by atoms with Gasteiger partial charge in [-0.15, -0.1) is 0 Å². The monoisotopic (exact) mass is 609 g/mol. The molecule has 0 radical (unpaired) electrons. The molecule has 6 N–H and O–H groups in total. The van der Waals surface area contributed by atoms with Crippen molar-refractivity contribution >= 4 is 17.5 Å². The zero-order valence-corrected chi connectivity index (χ0v) is 25.0. The molecule has 4 atom stereocenters. The lowest BCUT2D eigenvalue weighted by Gasteiger charge is -2.50. The number of benzene rings is 1. The van der Waals surface area contributed by atoms with Gasteiger partial charge in [-0.25, -0.2) is 0 Å². The number of phenolic OH excluding ortho intramolecular Hbond substituents is 1. The molecule has 1 amide bonds. The van der Waals surface area contributed by atoms with E-state index < -0.39 is 98.7 Å². The molecule has 0 heterocycles. The van der Waals surface area contributed by atoms with Crippen LogP contribution in [0.25, 0.3) is 0 Å². The quantitative estimate of drug-likeness (QED) is 0.305. The first-order valence-corrected chi connectivity index (χ1v) is 13.9. The number of alkyl halides is 3. The van der Waals surface area contributed by atoms with Crippen molar-refractivity contribution in [2.24, 2.45) is 23.0 Å². The Labute approximate surface area is 247 Å². The van der Waals surface area contributed by atoms with Crippen LogP contribution in [-0.2, 0) is 28.7 Å². The van der Waals surface area contributed by atoms with Crippen LogP contribution < -0.4 is 5.73 Å². The third-order valence-corrected chi connectivity index (χ3v) is 8.77. The number of hydrogen-bond acceptors (Lipinski definition) is 9. The number of rotatable bonds is 6. The molecule has 0 aliphatic heterocycles. The van der Waals surface area contributed by atoms with Crippen molar-refractivity contribution in [3.8, 4) is 5.75 Å². The summed E-state index contributed by atoms with van der Waals surface area (Å²) in [5.41, 5.74) is -1.49. The topological polar surface area (TPSA) is 165 Å². The molecule has 13 heteroatoms. The van der Waals surface area contributed by atoms with Crippen LogP contribution in [0.4, 0.5) is 13.2 Å². The van der Waals surface area contributed by atoms with Gasteiger partial charge in [0.25, 0.3) is 5.91 Å². The fourth-order valence-corrected chi connectivity index (χ4v) is 6.76. The normalized spacial score (nSPS) is 26.2. The van der Waals surface area contributed by atoms with Crippen LogP contribution in [-0.4, -0.2) is 87.0 Å². The highest BCUT2D eigenvalue weighted by Gasteiger charge is 2.63. The molecule has 1 aromatic carbocycles. The second-order valence-electron chi connectivity index (χ2n) is 13.3. The Kier molecular flexibility index (Phi) is 8.04. The van der Waals surface area contributed by atoms with Gasteiger partial charge < -0.3 is 31.1 Å². The van der Waals surface area contributed by atoms with E-state index in [1.54, 1.807) is 11.9 Å². The number of phenols is 1. The average molecular weight is 610 g/mol. The maximum Gasteiger partial charge on any atom is 0.417 e. The summed E-state index contributed by atoms with van der Waals surface area (Å²) in [6.45, 7) is 6.34. The average Bonchev–Trinajstić information content (AvgIpc) is 2.83. The van der Waals surface area contributed by atoms with E-state index in [9.17, 15) is 48.0 Å². The van der Waals surface area contributed by atoms with Crippen LogP contribution in [0.5, 0.6) is 5.75 Å². The van der Waals surface area contributed by atoms with Crippen molar-refractivity contribution in [1.29, 1.82) is 0 Å². The summed E-state index contributed by atoms with van der Waals surface area (Å²) in [4.78, 5) is 42.3. The van der Waals surface area contributed by atoms with Crippen LogP contribution in [0.1, 0.15) is 60.7 Å². The number of primary amides is 1. The summed E-state index contributed by atoms with van der Waals surface area (Å²) in [6, 6.07) is -0.353. The van der Waals surface area contributed by atoms with Gasteiger partial charge >= 0.3 is 6.18 Å². The highest BCUT2D eigenvalue weighted by atomic mass is 19.4. The van der Waals surface area contributed by atoms with Crippen LogP contribution in [0.15, 0.2) is 28.7 Å². The van der Waals surface area contributed by atoms with Gasteiger partial charge in [-0.05, 0) is 75.5 Å². The fraction of sp³-hybridized carbons (Fsp3) is 0.567. The Morgan fingerprint density at radius 2 is 1.72 bits per heavy atom. The van der Waals surface area contributed by atoms with Gasteiger partial charge in [-0.3, -0.25) is 19.3 Å². The molecule has 0 spiro atoms. The molecule has 0 unspecified atom stereocenters. The molecule has 3 aliphatic rings. The summed E-state index contributed by atoms with van der Waals surface area (Å²) >= 11 is 0. The van der Waals surface area contributed by atoms with Crippen LogP contribution >= 0.6 is 0 Å². The first-order valence-electron chi connectivity index (χ1n) is 13.9. The molecule has 0 saturated carbocycles. The fourth-order valence-electron chi connectivity index (χ4n) is 6.76. The van der Waals surface area contributed by atoms with Gasteiger partial charge in [0.05, 0.1) is 17.2 Å². The smallest absolute Gasteiger partial charge is 0.417 e. The van der Waals surface area contributed by atoms with E-state index >= 15 is 0 Å². The number of likely N-dealkylation sites (N-methyl/N-ethyl adjacent to an activating group) is 1. The number of allylic oxidation sites excluding steroid dienone is 1. The Balaban J connectivity index is 1.89. The molecule has 3 aliphatic carbocycles. The lowest BCUT2D eigenvalue weighted by atomic mass is 9.58. The van der Waals surface area contributed by atoms with Crippen molar-refractivity contribution in [3.05, 3.63) is 51.0 Å². The number of nitrogens with zero attached hydrogens (tertiary/aromatic N) is 2. The molecule has 236 valence electrons. The number of fused-ring (bicyclic) bond motifs is 3. The Morgan fingerprint density at radius 1 is 1.12 bits per heavy atom. The van der Waals surface area contributed by atoms with Crippen LogP contribution in [0, 0.1) is 17.3 Å². The Bertz CT molecular complexity index is 1460. The molecule has 0 bridgehead atoms. The molecular formula is C30H38F3N3O7. The number of aromatic hydroxyl groups is 1. The molecule has 10 nitrogen and oxygen atoms in total. The van der Waals surface area contributed by atoms with Crippen molar-refractivity contribution in [2.75, 3.05) is 27.7 Å². The standard InChI is InChI=1S/C30H38F3N3O7/c1-28(2,3)7-8-36(6)12-14-11-17(37)19-15(21(14)30(31,32)33)9-13-10-16-22(35(4)5)24(39)20(27(34)42)26(41)29(16,43)25(40)18(13)23(19)38/h11,13,16,22,37,39-40,43H,7-10,12H2,1-6H3,(H2,34,42)/t13-,16-,22-,29-/m0/s1. The number of ketones is 2. The van der Waals surface area contributed by atoms with E-state index in [1.807, 2.05) is 20.8 Å². The number of aliphatic hydroxyl groups excluding tert-OH is 2. The first kappa shape index (κ1) is 32.5. The maximum atomic E-state index is 14.7. The Hall–Kier alpha value is -3.42. The summed E-state index contributed by atoms with van der Waals surface area (Å²) in [7, 11) is 4.60. The van der Waals surface area contributed by atoms with Crippen molar-refractivity contribution in [2.45, 2.75) is 64.4 Å². The van der Waals surface area contributed by atoms with Gasteiger partial charge in [0.15, 0.2) is 11.4 Å². The number of amides is 1. The predicted molar refractivity (Wildman–Crippen MR) is 149 cm³/mol. The summed E-state index contributed by atoms with van der Waals surface area (Å²) in [5, 5.41) is 44.7. The summed E-state index contributed by atoms with van der Waals surface area (Å²) in [5.74, 6) is -9.02. The van der Waals surface area contributed by atoms with Gasteiger partial charge in [0.2, 0.25) is 5.78 Å². The molecule has 1 aromatic rings. The molecule has 0 saturated heterocycles. The highest BCUT2D eigenvalue weighted by molar-refractivity contribution is 6.24. The third kappa shape index (κ3) is 5.31. The molecule has 43 heavy (non-hydrogen) atoms. The lowest BCUT2D eigenvalue weighted by Crippen LogP contribution is -2.63. The molecule has 4 rings (SSSR count). The highest BCUT2D eigenvalue weighted by Crippen LogP contribution is 2.54. The number of aliphatic hydroxyl groups is 3. The van der Waals surface area contributed by atoms with Crippen LogP contribution in [0.2, 0.25) is 0 Å². The SMILES string of the molecule is CN(CCC(C)(C)C)Cc1cc(O)c2c(c1C(F)(F)F)C[C@H]1C[C@H]3[C@H](N(C)C)C(O)=C(C(N)=O)C(=O)[C@@]3(O)C(O)=C1C2=O. The number of nitrogens with two attached hydrogens (primary N) is 1. The molecule has 0 fully saturated rings. The van der Waals surface area contributed by atoms with Crippen LogP contribution in [0.3, 0.4) is 0 Å². The van der Waals surface area contributed by atoms with Crippen molar-refractivity contribution in [3.63, 3.8) is 0 Å². The minimum Gasteiger partial charge on any atom is -0.510 e. The van der Waals surface area contributed by atoms with Crippen molar-refractivity contribution < 1.29 is 48.0 Å². The largest absolute Gasteiger partial charge is 0.510 e. The second-order valence-corrected chi connectivity index (χ2v) is 13.3. The van der Waals surface area contributed by atoms with Gasteiger partial charge in [-0.1, -0.05) is 20.8 Å². The van der Waals surface area contributed by atoms with E-state index in [1.165, 1.54) is 19.0 Å².